The number of carboxylic acid groups (broad SMARTS) is 1. The van der Waals surface area contributed by atoms with Crippen molar-refractivity contribution >= 4 is 23.8 Å². The van der Waals surface area contributed by atoms with E-state index >= 15 is 0 Å². The average molecular weight is 379 g/mol. The van der Waals surface area contributed by atoms with E-state index in [1.807, 2.05) is 31.2 Å². The van der Waals surface area contributed by atoms with E-state index in [4.69, 9.17) is 4.74 Å². The molecule has 27 heavy (non-hydrogen) atoms. The average Bonchev–Trinajstić information content (AvgIpc) is 2.53. The molecule has 0 aliphatic carbocycles. The minimum Gasteiger partial charge on any atom is -0.480 e. The van der Waals surface area contributed by atoms with Crippen LogP contribution in [-0.2, 0) is 9.53 Å². The number of aliphatic carboxylic acids is 1. The standard InChI is InChI=1S/C19H29N3O5/c1-13-9-5-6-10-14(13)21-17(25)20-12-8-7-11-15(16(23)24)22-18(26)27-19(2,3)4/h5-6,9-10,15H,7-8,11-12H2,1-4H3,(H,22,26)(H,23,24)(H2,20,21,25)/t15-/m1/s1. The second-order valence-electron chi connectivity index (χ2n) is 7.23. The SMILES string of the molecule is Cc1ccccc1NC(=O)NCCCC[C@@H](NC(=O)OC(C)(C)C)C(=O)O. The van der Waals surface area contributed by atoms with E-state index in [2.05, 4.69) is 16.0 Å². The molecule has 0 aliphatic heterocycles. The molecule has 150 valence electrons. The van der Waals surface area contributed by atoms with Crippen molar-refractivity contribution in [3.8, 4) is 0 Å². The van der Waals surface area contributed by atoms with E-state index in [0.29, 0.717) is 19.4 Å². The van der Waals surface area contributed by atoms with Gasteiger partial charge in [-0.3, -0.25) is 0 Å². The molecule has 1 rings (SSSR count). The van der Waals surface area contributed by atoms with Crippen LogP contribution < -0.4 is 16.0 Å². The minimum atomic E-state index is -1.12. The molecule has 0 spiro atoms. The Morgan fingerprint density at radius 2 is 1.81 bits per heavy atom. The topological polar surface area (TPSA) is 117 Å². The molecule has 4 N–H and O–H groups in total. The van der Waals surface area contributed by atoms with E-state index in [9.17, 15) is 19.5 Å². The molecule has 1 aromatic rings. The quantitative estimate of drug-likeness (QED) is 0.517. The third-order valence-corrected chi connectivity index (χ3v) is 3.59. The number of urea groups is 1. The summed E-state index contributed by atoms with van der Waals surface area (Å²) in [5.41, 5.74) is 1.01. The summed E-state index contributed by atoms with van der Waals surface area (Å²) in [5, 5.41) is 17.0. The van der Waals surface area contributed by atoms with Crippen LogP contribution in [0.3, 0.4) is 0 Å². The Labute approximate surface area is 159 Å². The van der Waals surface area contributed by atoms with Crippen molar-refractivity contribution in [3.05, 3.63) is 29.8 Å². The fourth-order valence-electron chi connectivity index (χ4n) is 2.26. The van der Waals surface area contributed by atoms with Gasteiger partial charge in [0, 0.05) is 12.2 Å². The van der Waals surface area contributed by atoms with Crippen molar-refractivity contribution < 1.29 is 24.2 Å². The van der Waals surface area contributed by atoms with Gasteiger partial charge < -0.3 is 25.8 Å². The number of amides is 3. The molecule has 1 atom stereocenters. The summed E-state index contributed by atoms with van der Waals surface area (Å²) >= 11 is 0. The van der Waals surface area contributed by atoms with Gasteiger partial charge in [-0.1, -0.05) is 18.2 Å². The van der Waals surface area contributed by atoms with Crippen LogP contribution in [0.5, 0.6) is 0 Å². The first kappa shape index (κ1) is 22.3. The van der Waals surface area contributed by atoms with Crippen molar-refractivity contribution in [3.63, 3.8) is 0 Å². The summed E-state index contributed by atoms with van der Waals surface area (Å²) in [6.45, 7) is 7.41. The number of rotatable bonds is 8. The van der Waals surface area contributed by atoms with Gasteiger partial charge in [-0.2, -0.15) is 0 Å². The predicted octanol–water partition coefficient (Wildman–Crippen LogP) is 3.26. The summed E-state index contributed by atoms with van der Waals surface area (Å²) in [6.07, 6.45) is 0.597. The van der Waals surface area contributed by atoms with Gasteiger partial charge >= 0.3 is 18.1 Å². The van der Waals surface area contributed by atoms with Gasteiger partial charge in [0.05, 0.1) is 0 Å². The Hall–Kier alpha value is -2.77. The Kier molecular flexibility index (Phi) is 8.58. The number of nitrogens with one attached hydrogen (secondary N) is 3. The number of ether oxygens (including phenoxy) is 1. The Morgan fingerprint density at radius 1 is 1.15 bits per heavy atom. The van der Waals surface area contributed by atoms with Crippen LogP contribution in [0.4, 0.5) is 15.3 Å². The molecule has 0 saturated carbocycles. The van der Waals surface area contributed by atoms with Gasteiger partial charge in [-0.15, -0.1) is 0 Å². The Balaban J connectivity index is 2.29. The number of anilines is 1. The summed E-state index contributed by atoms with van der Waals surface area (Å²) in [4.78, 5) is 34.8. The van der Waals surface area contributed by atoms with Crippen LogP contribution in [0.25, 0.3) is 0 Å². The van der Waals surface area contributed by atoms with Gasteiger partial charge in [0.25, 0.3) is 0 Å². The molecule has 8 nitrogen and oxygen atoms in total. The molecule has 0 radical (unpaired) electrons. The maximum absolute atomic E-state index is 11.9. The Morgan fingerprint density at radius 3 is 2.41 bits per heavy atom. The Bertz CT molecular complexity index is 655. The number of alkyl carbamates (subject to hydrolysis) is 1. The zero-order valence-corrected chi connectivity index (χ0v) is 16.3. The van der Waals surface area contributed by atoms with E-state index < -0.39 is 23.7 Å². The van der Waals surface area contributed by atoms with Crippen LogP contribution in [0.2, 0.25) is 0 Å². The monoisotopic (exact) mass is 379 g/mol. The first-order valence-corrected chi connectivity index (χ1v) is 8.91. The van der Waals surface area contributed by atoms with E-state index in [0.717, 1.165) is 11.3 Å². The highest BCUT2D eigenvalue weighted by atomic mass is 16.6. The summed E-state index contributed by atoms with van der Waals surface area (Å²) in [6, 6.07) is 6.11. The van der Waals surface area contributed by atoms with E-state index in [-0.39, 0.29) is 12.5 Å². The van der Waals surface area contributed by atoms with Gasteiger partial charge in [0.15, 0.2) is 0 Å². The van der Waals surface area contributed by atoms with Crippen LogP contribution in [0.15, 0.2) is 24.3 Å². The molecule has 0 aromatic heterocycles. The van der Waals surface area contributed by atoms with Crippen molar-refractivity contribution in [2.45, 2.75) is 58.6 Å². The highest BCUT2D eigenvalue weighted by Gasteiger charge is 2.23. The summed E-state index contributed by atoms with van der Waals surface area (Å²) in [7, 11) is 0. The first-order chi connectivity index (χ1) is 12.6. The van der Waals surface area contributed by atoms with Crippen LogP contribution >= 0.6 is 0 Å². The molecule has 0 unspecified atom stereocenters. The van der Waals surface area contributed by atoms with E-state index in [1.165, 1.54) is 0 Å². The highest BCUT2D eigenvalue weighted by molar-refractivity contribution is 5.89. The number of para-hydroxylation sites is 1. The third-order valence-electron chi connectivity index (χ3n) is 3.59. The zero-order valence-electron chi connectivity index (χ0n) is 16.3. The summed E-state index contributed by atoms with van der Waals surface area (Å²) < 4.78 is 5.06. The van der Waals surface area contributed by atoms with Crippen LogP contribution in [0.1, 0.15) is 45.6 Å². The lowest BCUT2D eigenvalue weighted by molar-refractivity contribution is -0.139. The van der Waals surface area contributed by atoms with Crippen LogP contribution in [0, 0.1) is 6.92 Å². The number of hydrogen-bond acceptors (Lipinski definition) is 4. The number of unbranched alkanes of at least 4 members (excludes halogenated alkanes) is 1. The second kappa shape index (κ2) is 10.4. The molecule has 3 amide bonds. The van der Waals surface area contributed by atoms with Gasteiger partial charge in [0.2, 0.25) is 0 Å². The maximum Gasteiger partial charge on any atom is 0.408 e. The van der Waals surface area contributed by atoms with E-state index in [1.54, 1.807) is 20.8 Å². The van der Waals surface area contributed by atoms with Crippen LogP contribution in [-0.4, -0.2) is 41.4 Å². The molecular weight excluding hydrogens is 350 g/mol. The number of benzene rings is 1. The fraction of sp³-hybridized carbons (Fsp3) is 0.526. The summed E-state index contributed by atoms with van der Waals surface area (Å²) in [5.74, 6) is -1.12. The number of carboxylic acids is 1. The van der Waals surface area contributed by atoms with Crippen molar-refractivity contribution in [1.29, 1.82) is 0 Å². The number of carbonyl (C=O) groups excluding carboxylic acids is 2. The van der Waals surface area contributed by atoms with Crippen molar-refractivity contribution in [2.75, 3.05) is 11.9 Å². The number of hydrogen-bond donors (Lipinski definition) is 4. The number of carbonyl (C=O) groups is 3. The predicted molar refractivity (Wildman–Crippen MR) is 103 cm³/mol. The molecule has 0 fully saturated rings. The van der Waals surface area contributed by atoms with Crippen molar-refractivity contribution in [2.24, 2.45) is 0 Å². The normalized spacial score (nSPS) is 12.0. The van der Waals surface area contributed by atoms with Crippen molar-refractivity contribution in [1.82, 2.24) is 10.6 Å². The molecule has 0 heterocycles. The van der Waals surface area contributed by atoms with Gasteiger partial charge in [-0.25, -0.2) is 14.4 Å². The lowest BCUT2D eigenvalue weighted by atomic mass is 10.1. The lowest BCUT2D eigenvalue weighted by Crippen LogP contribution is -2.43. The zero-order chi connectivity index (χ0) is 20.4. The molecular formula is C19H29N3O5. The first-order valence-electron chi connectivity index (χ1n) is 8.91. The third kappa shape index (κ3) is 9.48. The molecule has 1 aromatic carbocycles. The molecule has 0 saturated heterocycles. The van der Waals surface area contributed by atoms with Gasteiger partial charge in [-0.05, 0) is 58.6 Å². The smallest absolute Gasteiger partial charge is 0.408 e. The molecule has 0 bridgehead atoms. The van der Waals surface area contributed by atoms with Gasteiger partial charge in [0.1, 0.15) is 11.6 Å². The second-order valence-corrected chi connectivity index (χ2v) is 7.23. The molecule has 0 aliphatic rings. The minimum absolute atomic E-state index is 0.246. The fourth-order valence-corrected chi connectivity index (χ4v) is 2.26. The number of aryl methyl sites for hydroxylation is 1. The maximum atomic E-state index is 11.9. The largest absolute Gasteiger partial charge is 0.480 e. The highest BCUT2D eigenvalue weighted by Crippen LogP contribution is 2.12. The lowest BCUT2D eigenvalue weighted by Gasteiger charge is -2.22. The molecule has 8 heteroatoms.